The van der Waals surface area contributed by atoms with Gasteiger partial charge in [-0.3, -0.25) is 4.79 Å². The molecule has 2 aromatic carbocycles. The smallest absolute Gasteiger partial charge is 0.228 e. The molecule has 0 saturated heterocycles. The molecule has 148 valence electrons. The molecule has 0 radical (unpaired) electrons. The number of rotatable bonds is 7. The summed E-state index contributed by atoms with van der Waals surface area (Å²) < 4.78 is 30.1. The Bertz CT molecular complexity index is 868. The van der Waals surface area contributed by atoms with Crippen LogP contribution in [-0.2, 0) is 14.6 Å². The molecule has 1 amide bonds. The first kappa shape index (κ1) is 23.0. The summed E-state index contributed by atoms with van der Waals surface area (Å²) in [7, 11) is -3.38. The van der Waals surface area contributed by atoms with Gasteiger partial charge in [0.15, 0.2) is 9.84 Å². The van der Waals surface area contributed by atoms with Crippen molar-refractivity contribution in [1.82, 2.24) is 0 Å². The van der Waals surface area contributed by atoms with Crippen LogP contribution in [0.25, 0.3) is 0 Å². The summed E-state index contributed by atoms with van der Waals surface area (Å²) in [6.07, 6.45) is 0. The number of carbonyl (C=O) groups is 1. The Kier molecular flexibility index (Phi) is 8.27. The number of carbonyl (C=O) groups excluding carboxylic acids is 1. The fourth-order valence-corrected chi connectivity index (χ4v) is 3.19. The summed E-state index contributed by atoms with van der Waals surface area (Å²) >= 11 is 0. The standard InChI is InChI=1S/C19H24N2O4S.ClH/c1-4-26(23,24)18-8-6-5-7-17(18)25-16-11-9-15(10-12-16)21-19(22)13(2)14(3)20;/h5-14H,4,20H2,1-3H3,(H,21,22);1H. The summed E-state index contributed by atoms with van der Waals surface area (Å²) in [6, 6.07) is 13.0. The van der Waals surface area contributed by atoms with Gasteiger partial charge in [0, 0.05) is 11.7 Å². The van der Waals surface area contributed by atoms with E-state index in [1.165, 1.54) is 6.07 Å². The topological polar surface area (TPSA) is 98.5 Å². The van der Waals surface area contributed by atoms with Crippen LogP contribution in [0.15, 0.2) is 53.4 Å². The van der Waals surface area contributed by atoms with Gasteiger partial charge in [-0.1, -0.05) is 26.0 Å². The normalized spacial score (nSPS) is 13.2. The van der Waals surface area contributed by atoms with Gasteiger partial charge in [0.25, 0.3) is 0 Å². The molecule has 3 N–H and O–H groups in total. The second-order valence-electron chi connectivity index (χ2n) is 6.11. The molecule has 0 heterocycles. The molecule has 27 heavy (non-hydrogen) atoms. The zero-order valence-corrected chi connectivity index (χ0v) is 17.1. The molecule has 2 rings (SSSR count). The first-order valence-electron chi connectivity index (χ1n) is 8.40. The third-order valence-electron chi connectivity index (χ3n) is 4.12. The van der Waals surface area contributed by atoms with Crippen molar-refractivity contribution >= 4 is 33.8 Å². The largest absolute Gasteiger partial charge is 0.456 e. The van der Waals surface area contributed by atoms with Crippen LogP contribution in [0.3, 0.4) is 0 Å². The first-order valence-corrected chi connectivity index (χ1v) is 10.1. The minimum absolute atomic E-state index is 0. The van der Waals surface area contributed by atoms with Crippen LogP contribution in [-0.4, -0.2) is 26.1 Å². The number of halogens is 1. The third kappa shape index (κ3) is 5.95. The van der Waals surface area contributed by atoms with Gasteiger partial charge in [0.2, 0.25) is 5.91 Å². The number of ether oxygens (including phenoxy) is 1. The minimum atomic E-state index is -3.38. The Morgan fingerprint density at radius 3 is 2.26 bits per heavy atom. The number of sulfone groups is 1. The maximum absolute atomic E-state index is 12.2. The number of amides is 1. The summed E-state index contributed by atoms with van der Waals surface area (Å²) in [4.78, 5) is 12.2. The Balaban J connectivity index is 0.00000364. The van der Waals surface area contributed by atoms with E-state index in [9.17, 15) is 13.2 Å². The summed E-state index contributed by atoms with van der Waals surface area (Å²) in [5, 5.41) is 2.79. The van der Waals surface area contributed by atoms with Gasteiger partial charge >= 0.3 is 0 Å². The van der Waals surface area contributed by atoms with Crippen LogP contribution in [0.2, 0.25) is 0 Å². The molecule has 8 heteroatoms. The second kappa shape index (κ2) is 9.73. The van der Waals surface area contributed by atoms with E-state index in [-0.39, 0.29) is 46.7 Å². The van der Waals surface area contributed by atoms with Gasteiger partial charge in [-0.05, 0) is 43.3 Å². The third-order valence-corrected chi connectivity index (χ3v) is 5.88. The van der Waals surface area contributed by atoms with Crippen molar-refractivity contribution in [3.63, 3.8) is 0 Å². The second-order valence-corrected chi connectivity index (χ2v) is 8.36. The van der Waals surface area contributed by atoms with Crippen molar-refractivity contribution in [3.8, 4) is 11.5 Å². The van der Waals surface area contributed by atoms with Crippen molar-refractivity contribution in [2.24, 2.45) is 11.7 Å². The fourth-order valence-electron chi connectivity index (χ4n) is 2.18. The number of anilines is 1. The molecule has 0 aromatic heterocycles. The highest BCUT2D eigenvalue weighted by Gasteiger charge is 2.18. The van der Waals surface area contributed by atoms with E-state index < -0.39 is 9.84 Å². The average Bonchev–Trinajstić information content (AvgIpc) is 2.62. The van der Waals surface area contributed by atoms with Gasteiger partial charge in [0.1, 0.15) is 16.4 Å². The highest BCUT2D eigenvalue weighted by molar-refractivity contribution is 7.91. The van der Waals surface area contributed by atoms with Crippen molar-refractivity contribution in [2.75, 3.05) is 11.1 Å². The van der Waals surface area contributed by atoms with Crippen molar-refractivity contribution < 1.29 is 17.9 Å². The lowest BCUT2D eigenvalue weighted by Crippen LogP contribution is -2.34. The lowest BCUT2D eigenvalue weighted by Gasteiger charge is -2.15. The van der Waals surface area contributed by atoms with Gasteiger partial charge in [-0.25, -0.2) is 8.42 Å². The first-order chi connectivity index (χ1) is 12.2. The lowest BCUT2D eigenvalue weighted by atomic mass is 10.0. The van der Waals surface area contributed by atoms with E-state index in [1.54, 1.807) is 63.2 Å². The molecule has 0 aliphatic carbocycles. The number of hydrogen-bond donors (Lipinski definition) is 2. The summed E-state index contributed by atoms with van der Waals surface area (Å²) in [5.41, 5.74) is 6.35. The zero-order chi connectivity index (χ0) is 19.3. The number of benzene rings is 2. The van der Waals surface area contributed by atoms with Crippen molar-refractivity contribution in [1.29, 1.82) is 0 Å². The molecule has 0 fully saturated rings. The van der Waals surface area contributed by atoms with Crippen molar-refractivity contribution in [2.45, 2.75) is 31.7 Å². The van der Waals surface area contributed by atoms with Crippen LogP contribution in [0.4, 0.5) is 5.69 Å². The molecule has 2 aromatic rings. The molecule has 2 unspecified atom stereocenters. The quantitative estimate of drug-likeness (QED) is 0.723. The van der Waals surface area contributed by atoms with E-state index in [4.69, 9.17) is 10.5 Å². The van der Waals surface area contributed by atoms with Crippen LogP contribution in [0.5, 0.6) is 11.5 Å². The number of para-hydroxylation sites is 1. The van der Waals surface area contributed by atoms with Crippen molar-refractivity contribution in [3.05, 3.63) is 48.5 Å². The van der Waals surface area contributed by atoms with Gasteiger partial charge in [0.05, 0.1) is 11.7 Å². The maximum Gasteiger partial charge on any atom is 0.228 e. The Morgan fingerprint density at radius 2 is 1.70 bits per heavy atom. The molecule has 0 aliphatic heterocycles. The SMILES string of the molecule is CCS(=O)(=O)c1ccccc1Oc1ccc(NC(=O)C(C)C(C)N)cc1.Cl. The van der Waals surface area contributed by atoms with Crippen LogP contribution in [0, 0.1) is 5.92 Å². The molecular formula is C19H25ClN2O4S. The molecule has 2 atom stereocenters. The number of nitrogens with two attached hydrogens (primary N) is 1. The van der Waals surface area contributed by atoms with E-state index in [0.717, 1.165) is 0 Å². The maximum atomic E-state index is 12.2. The van der Waals surface area contributed by atoms with E-state index in [2.05, 4.69) is 5.32 Å². The van der Waals surface area contributed by atoms with Crippen LogP contribution in [0.1, 0.15) is 20.8 Å². The monoisotopic (exact) mass is 412 g/mol. The summed E-state index contributed by atoms with van der Waals surface area (Å²) in [5.74, 6) is 0.277. The molecule has 6 nitrogen and oxygen atoms in total. The molecule has 0 bridgehead atoms. The van der Waals surface area contributed by atoms with E-state index in [0.29, 0.717) is 11.4 Å². The lowest BCUT2D eigenvalue weighted by molar-refractivity contribution is -0.119. The average molecular weight is 413 g/mol. The Morgan fingerprint density at radius 1 is 1.11 bits per heavy atom. The molecular weight excluding hydrogens is 388 g/mol. The van der Waals surface area contributed by atoms with Gasteiger partial charge in [-0.2, -0.15) is 0 Å². The Hall–Kier alpha value is -2.09. The van der Waals surface area contributed by atoms with E-state index in [1.807, 2.05) is 0 Å². The Labute approximate surface area is 166 Å². The van der Waals surface area contributed by atoms with Crippen LogP contribution < -0.4 is 15.8 Å². The fraction of sp³-hybridized carbons (Fsp3) is 0.316. The summed E-state index contributed by atoms with van der Waals surface area (Å²) in [6.45, 7) is 5.14. The molecule has 0 aliphatic rings. The van der Waals surface area contributed by atoms with Gasteiger partial charge < -0.3 is 15.8 Å². The predicted molar refractivity (Wildman–Crippen MR) is 109 cm³/mol. The van der Waals surface area contributed by atoms with E-state index >= 15 is 0 Å². The van der Waals surface area contributed by atoms with Crippen LogP contribution >= 0.6 is 12.4 Å². The molecule has 0 saturated carbocycles. The van der Waals surface area contributed by atoms with Gasteiger partial charge in [-0.15, -0.1) is 12.4 Å². The minimum Gasteiger partial charge on any atom is -0.456 e. The number of nitrogens with one attached hydrogen (secondary N) is 1. The highest BCUT2D eigenvalue weighted by Crippen LogP contribution is 2.30. The number of hydrogen-bond acceptors (Lipinski definition) is 5. The highest BCUT2D eigenvalue weighted by atomic mass is 35.5. The molecule has 0 spiro atoms. The predicted octanol–water partition coefficient (Wildman–Crippen LogP) is 3.62. The zero-order valence-electron chi connectivity index (χ0n) is 15.5.